The third kappa shape index (κ3) is 3.76. The highest BCUT2D eigenvalue weighted by molar-refractivity contribution is 5.96. The Morgan fingerprint density at radius 2 is 1.90 bits per heavy atom. The van der Waals surface area contributed by atoms with E-state index in [1.54, 1.807) is 6.07 Å². The molecule has 6 nitrogen and oxygen atoms in total. The number of benzene rings is 1. The highest BCUT2D eigenvalue weighted by Crippen LogP contribution is 2.58. The van der Waals surface area contributed by atoms with Gasteiger partial charge in [-0.25, -0.2) is 0 Å². The van der Waals surface area contributed by atoms with Crippen molar-refractivity contribution in [3.8, 4) is 5.75 Å². The third-order valence-electron chi connectivity index (χ3n) is 7.86. The molecule has 30 heavy (non-hydrogen) atoms. The summed E-state index contributed by atoms with van der Waals surface area (Å²) in [6.07, 6.45) is 7.53. The first kappa shape index (κ1) is 22.8. The zero-order valence-corrected chi connectivity index (χ0v) is 18.2. The minimum atomic E-state index is -1.06. The largest absolute Gasteiger partial charge is 0.507 e. The van der Waals surface area contributed by atoms with Crippen LogP contribution in [0.15, 0.2) is 12.1 Å². The summed E-state index contributed by atoms with van der Waals surface area (Å²) in [6.45, 7) is 4.77. The number of carbonyl (C=O) groups excluding carboxylic acids is 2. The van der Waals surface area contributed by atoms with Gasteiger partial charge in [0.15, 0.2) is 0 Å². The molecule has 3 aliphatic rings. The molecule has 1 aromatic carbocycles. The molecule has 6 N–H and O–H groups in total. The minimum absolute atomic E-state index is 0.0235. The number of fused-ring (bicyclic) bond motifs is 1. The molecule has 0 aromatic heterocycles. The van der Waals surface area contributed by atoms with Crippen LogP contribution in [-0.4, -0.2) is 34.0 Å². The molecule has 0 bridgehead atoms. The Balaban J connectivity index is 0.000000367. The van der Waals surface area contributed by atoms with Crippen molar-refractivity contribution < 1.29 is 19.8 Å². The summed E-state index contributed by atoms with van der Waals surface area (Å²) in [7, 11) is 0. The van der Waals surface area contributed by atoms with Crippen molar-refractivity contribution in [3.63, 3.8) is 0 Å². The summed E-state index contributed by atoms with van der Waals surface area (Å²) in [5, 5.41) is 22.4. The first-order valence-corrected chi connectivity index (χ1v) is 11.2. The number of aromatic hydroxyl groups is 1. The van der Waals surface area contributed by atoms with E-state index in [4.69, 9.17) is 11.5 Å². The number of rotatable bonds is 3. The molecule has 6 heteroatoms. The SMILES string of the molecule is Cc1ccc(C(N)=O)c(O)c1[C@]12CCC[C@H](C)[C@]1(O)CCC(=O)C2.NCC1CCC1. The van der Waals surface area contributed by atoms with Crippen molar-refractivity contribution in [1.82, 2.24) is 0 Å². The van der Waals surface area contributed by atoms with E-state index < -0.39 is 16.9 Å². The standard InChI is InChI=1S/C19H25NO4.C5H11N/c1-11-5-6-14(17(20)23)16(22)15(11)18-8-3-4-12(2)19(18,24)9-7-13(21)10-18;6-4-5-2-1-3-5/h5-6,12,22,24H,3-4,7-10H2,1-2H3,(H2,20,23);5H,1-4,6H2/t12-,18+,19+;/m0./s1. The lowest BCUT2D eigenvalue weighted by atomic mass is 9.50. The van der Waals surface area contributed by atoms with Crippen LogP contribution >= 0.6 is 0 Å². The van der Waals surface area contributed by atoms with Crippen LogP contribution in [0.4, 0.5) is 0 Å². The molecule has 0 aliphatic heterocycles. The Labute approximate surface area is 179 Å². The predicted octanol–water partition coefficient (Wildman–Crippen LogP) is 3.09. The summed E-state index contributed by atoms with van der Waals surface area (Å²) in [5.74, 6) is 0.127. The fourth-order valence-electron chi connectivity index (χ4n) is 5.77. The monoisotopic (exact) mass is 416 g/mol. The molecular formula is C24H36N2O4. The molecule has 0 saturated heterocycles. The van der Waals surface area contributed by atoms with Crippen LogP contribution in [-0.2, 0) is 10.2 Å². The number of aliphatic hydroxyl groups is 1. The maximum Gasteiger partial charge on any atom is 0.252 e. The first-order valence-electron chi connectivity index (χ1n) is 11.2. The van der Waals surface area contributed by atoms with Gasteiger partial charge in [0.25, 0.3) is 5.91 Å². The number of ketones is 1. The number of aryl methyl sites for hydroxylation is 1. The molecule has 4 rings (SSSR count). The van der Waals surface area contributed by atoms with Gasteiger partial charge in [-0.15, -0.1) is 0 Å². The van der Waals surface area contributed by atoms with E-state index >= 15 is 0 Å². The Morgan fingerprint density at radius 3 is 2.43 bits per heavy atom. The summed E-state index contributed by atoms with van der Waals surface area (Å²) in [6, 6.07) is 3.24. The highest BCUT2D eigenvalue weighted by Gasteiger charge is 2.60. The summed E-state index contributed by atoms with van der Waals surface area (Å²) in [5.41, 5.74) is 10.2. The summed E-state index contributed by atoms with van der Waals surface area (Å²) in [4.78, 5) is 24.0. The fourth-order valence-corrected chi connectivity index (χ4v) is 5.77. The Morgan fingerprint density at radius 1 is 1.20 bits per heavy atom. The molecule has 0 spiro atoms. The van der Waals surface area contributed by atoms with E-state index in [9.17, 15) is 19.8 Å². The van der Waals surface area contributed by atoms with E-state index in [2.05, 4.69) is 0 Å². The van der Waals surface area contributed by atoms with Crippen molar-refractivity contribution >= 4 is 11.7 Å². The average Bonchev–Trinajstić information content (AvgIpc) is 2.63. The van der Waals surface area contributed by atoms with E-state index in [-0.39, 0.29) is 29.4 Å². The Kier molecular flexibility index (Phi) is 6.58. The molecule has 3 aliphatic carbocycles. The number of amides is 1. The van der Waals surface area contributed by atoms with Crippen LogP contribution in [0.1, 0.15) is 86.2 Å². The lowest BCUT2D eigenvalue weighted by molar-refractivity contribution is -0.153. The number of phenols is 1. The van der Waals surface area contributed by atoms with Crippen molar-refractivity contribution in [3.05, 3.63) is 28.8 Å². The number of primary amides is 1. The van der Waals surface area contributed by atoms with Gasteiger partial charge in [0, 0.05) is 23.8 Å². The molecule has 0 unspecified atom stereocenters. The molecule has 1 amide bonds. The molecule has 3 saturated carbocycles. The van der Waals surface area contributed by atoms with Crippen LogP contribution < -0.4 is 11.5 Å². The molecule has 3 atom stereocenters. The second-order valence-corrected chi connectivity index (χ2v) is 9.57. The van der Waals surface area contributed by atoms with Gasteiger partial charge in [-0.3, -0.25) is 9.59 Å². The van der Waals surface area contributed by atoms with E-state index in [0.29, 0.717) is 24.8 Å². The molecule has 0 radical (unpaired) electrons. The molecule has 166 valence electrons. The van der Waals surface area contributed by atoms with Gasteiger partial charge < -0.3 is 21.7 Å². The van der Waals surface area contributed by atoms with Crippen LogP contribution in [0.2, 0.25) is 0 Å². The topological polar surface area (TPSA) is 127 Å². The van der Waals surface area contributed by atoms with Gasteiger partial charge >= 0.3 is 0 Å². The second-order valence-electron chi connectivity index (χ2n) is 9.57. The van der Waals surface area contributed by atoms with E-state index in [1.807, 2.05) is 13.8 Å². The van der Waals surface area contributed by atoms with Crippen molar-refractivity contribution in [2.45, 2.75) is 82.7 Å². The van der Waals surface area contributed by atoms with Crippen molar-refractivity contribution in [2.24, 2.45) is 23.3 Å². The van der Waals surface area contributed by atoms with Crippen molar-refractivity contribution in [2.75, 3.05) is 6.54 Å². The van der Waals surface area contributed by atoms with Gasteiger partial charge in [0.2, 0.25) is 0 Å². The number of hydrogen-bond acceptors (Lipinski definition) is 5. The lowest BCUT2D eigenvalue weighted by Crippen LogP contribution is -2.61. The molecule has 1 aromatic rings. The normalized spacial score (nSPS) is 31.2. The summed E-state index contributed by atoms with van der Waals surface area (Å²) < 4.78 is 0. The molecule has 3 fully saturated rings. The smallest absolute Gasteiger partial charge is 0.252 e. The molecular weight excluding hydrogens is 380 g/mol. The maximum absolute atomic E-state index is 12.3. The summed E-state index contributed by atoms with van der Waals surface area (Å²) >= 11 is 0. The van der Waals surface area contributed by atoms with Gasteiger partial charge in [0.05, 0.1) is 11.2 Å². The van der Waals surface area contributed by atoms with Gasteiger partial charge in [0.1, 0.15) is 11.5 Å². The number of hydrogen-bond donors (Lipinski definition) is 4. The lowest BCUT2D eigenvalue weighted by Gasteiger charge is -2.57. The van der Waals surface area contributed by atoms with E-state index in [0.717, 1.165) is 30.9 Å². The third-order valence-corrected chi connectivity index (χ3v) is 7.86. The Bertz CT molecular complexity index is 817. The molecule has 0 heterocycles. The van der Waals surface area contributed by atoms with Crippen LogP contribution in [0.5, 0.6) is 5.75 Å². The average molecular weight is 417 g/mol. The van der Waals surface area contributed by atoms with Crippen LogP contribution in [0.25, 0.3) is 0 Å². The fraction of sp³-hybridized carbons (Fsp3) is 0.667. The second kappa shape index (κ2) is 8.67. The van der Waals surface area contributed by atoms with Gasteiger partial charge in [-0.1, -0.05) is 25.8 Å². The van der Waals surface area contributed by atoms with Crippen LogP contribution in [0.3, 0.4) is 0 Å². The van der Waals surface area contributed by atoms with Crippen molar-refractivity contribution in [1.29, 1.82) is 0 Å². The van der Waals surface area contributed by atoms with Gasteiger partial charge in [-0.2, -0.15) is 0 Å². The predicted molar refractivity (Wildman–Crippen MR) is 116 cm³/mol. The number of Topliss-reactive ketones (excluding diaryl/α,β-unsaturated/α-hetero) is 1. The van der Waals surface area contributed by atoms with Crippen LogP contribution in [0, 0.1) is 18.8 Å². The highest BCUT2D eigenvalue weighted by atomic mass is 16.3. The van der Waals surface area contributed by atoms with E-state index in [1.165, 1.54) is 25.3 Å². The quantitative estimate of drug-likeness (QED) is 0.602. The zero-order valence-electron chi connectivity index (χ0n) is 18.2. The van der Waals surface area contributed by atoms with Gasteiger partial charge in [-0.05, 0) is 69.0 Å². The minimum Gasteiger partial charge on any atom is -0.507 e. The first-order chi connectivity index (χ1) is 14.2. The number of carbonyl (C=O) groups is 2. The maximum atomic E-state index is 12.3. The number of nitrogens with two attached hydrogens (primary N) is 2. The zero-order chi connectivity index (χ0) is 22.1. The Hall–Kier alpha value is -1.92.